The summed E-state index contributed by atoms with van der Waals surface area (Å²) in [5.74, 6) is 0.428. The number of halogens is 1. The fourth-order valence-corrected chi connectivity index (χ4v) is 1.81. The van der Waals surface area contributed by atoms with Crippen LogP contribution in [0.4, 0.5) is 0 Å². The van der Waals surface area contributed by atoms with Crippen molar-refractivity contribution in [3.63, 3.8) is 0 Å². The van der Waals surface area contributed by atoms with Crippen molar-refractivity contribution in [2.24, 2.45) is 0 Å². The smallest absolute Gasteiger partial charge is 0.230 e. The monoisotopic (exact) mass is 282 g/mol. The SMILES string of the molecule is CNCCNC(=O)C(C)c1cc2ccccc2o1.Cl. The van der Waals surface area contributed by atoms with Gasteiger partial charge in [-0.1, -0.05) is 18.2 Å². The minimum absolute atomic E-state index is 0. The number of likely N-dealkylation sites (N-methyl/N-ethyl adjacent to an activating group) is 1. The molecule has 1 atom stereocenters. The summed E-state index contributed by atoms with van der Waals surface area (Å²) in [5, 5.41) is 6.88. The molecule has 2 N–H and O–H groups in total. The minimum atomic E-state index is -0.269. The van der Waals surface area contributed by atoms with Crippen molar-refractivity contribution in [3.8, 4) is 0 Å². The third-order valence-electron chi connectivity index (χ3n) is 2.94. The predicted molar refractivity (Wildman–Crippen MR) is 78.8 cm³/mol. The molecule has 104 valence electrons. The van der Waals surface area contributed by atoms with Crippen LogP contribution in [0.5, 0.6) is 0 Å². The van der Waals surface area contributed by atoms with Gasteiger partial charge in [0.25, 0.3) is 0 Å². The van der Waals surface area contributed by atoms with E-state index in [0.29, 0.717) is 12.3 Å². The Kier molecular flexibility index (Phi) is 5.86. The van der Waals surface area contributed by atoms with Gasteiger partial charge in [-0.2, -0.15) is 0 Å². The fraction of sp³-hybridized carbons (Fsp3) is 0.357. The number of hydrogen-bond donors (Lipinski definition) is 2. The van der Waals surface area contributed by atoms with Crippen LogP contribution < -0.4 is 10.6 Å². The largest absolute Gasteiger partial charge is 0.460 e. The van der Waals surface area contributed by atoms with Crippen molar-refractivity contribution >= 4 is 29.3 Å². The van der Waals surface area contributed by atoms with E-state index in [1.165, 1.54) is 0 Å². The van der Waals surface area contributed by atoms with Crippen molar-refractivity contribution in [1.82, 2.24) is 10.6 Å². The zero-order valence-electron chi connectivity index (χ0n) is 11.1. The molecule has 2 aromatic rings. The van der Waals surface area contributed by atoms with Crippen molar-refractivity contribution in [3.05, 3.63) is 36.1 Å². The first kappa shape index (κ1) is 15.5. The van der Waals surface area contributed by atoms with Crippen molar-refractivity contribution < 1.29 is 9.21 Å². The van der Waals surface area contributed by atoms with E-state index in [1.807, 2.05) is 44.3 Å². The summed E-state index contributed by atoms with van der Waals surface area (Å²) < 4.78 is 5.68. The van der Waals surface area contributed by atoms with Crippen LogP contribution in [-0.4, -0.2) is 26.0 Å². The number of para-hydroxylation sites is 1. The molecule has 1 unspecified atom stereocenters. The highest BCUT2D eigenvalue weighted by atomic mass is 35.5. The molecule has 5 heteroatoms. The van der Waals surface area contributed by atoms with Crippen molar-refractivity contribution in [1.29, 1.82) is 0 Å². The molecule has 0 bridgehead atoms. The van der Waals surface area contributed by atoms with Gasteiger partial charge < -0.3 is 15.1 Å². The summed E-state index contributed by atoms with van der Waals surface area (Å²) >= 11 is 0. The third kappa shape index (κ3) is 3.72. The summed E-state index contributed by atoms with van der Waals surface area (Å²) in [5.41, 5.74) is 0.822. The lowest BCUT2D eigenvalue weighted by Crippen LogP contribution is -2.33. The van der Waals surface area contributed by atoms with Crippen LogP contribution in [0.3, 0.4) is 0 Å². The predicted octanol–water partition coefficient (Wildman–Crippen LogP) is 2.29. The van der Waals surface area contributed by atoms with Gasteiger partial charge in [-0.15, -0.1) is 12.4 Å². The second-order valence-electron chi connectivity index (χ2n) is 4.30. The Morgan fingerprint density at radius 3 is 2.74 bits per heavy atom. The molecule has 0 saturated heterocycles. The summed E-state index contributed by atoms with van der Waals surface area (Å²) in [7, 11) is 1.86. The van der Waals surface area contributed by atoms with Crippen LogP contribution in [0.2, 0.25) is 0 Å². The van der Waals surface area contributed by atoms with E-state index >= 15 is 0 Å². The number of carbonyl (C=O) groups is 1. The van der Waals surface area contributed by atoms with Crippen LogP contribution in [0.15, 0.2) is 34.7 Å². The normalized spacial score (nSPS) is 11.9. The number of nitrogens with one attached hydrogen (secondary N) is 2. The maximum Gasteiger partial charge on any atom is 0.230 e. The van der Waals surface area contributed by atoms with Crippen LogP contribution >= 0.6 is 12.4 Å². The Labute approximate surface area is 119 Å². The highest BCUT2D eigenvalue weighted by molar-refractivity contribution is 5.85. The molecule has 2 rings (SSSR count). The van der Waals surface area contributed by atoms with Crippen LogP contribution in [0.1, 0.15) is 18.6 Å². The second-order valence-corrected chi connectivity index (χ2v) is 4.30. The fourth-order valence-electron chi connectivity index (χ4n) is 1.81. The Balaban J connectivity index is 0.00000180. The van der Waals surface area contributed by atoms with E-state index < -0.39 is 0 Å². The maximum atomic E-state index is 11.9. The Morgan fingerprint density at radius 1 is 1.32 bits per heavy atom. The molecule has 0 fully saturated rings. The number of hydrogen-bond acceptors (Lipinski definition) is 3. The lowest BCUT2D eigenvalue weighted by atomic mass is 10.1. The van der Waals surface area contributed by atoms with Gasteiger partial charge in [0.05, 0.1) is 5.92 Å². The molecule has 0 spiro atoms. The van der Waals surface area contributed by atoms with Crippen LogP contribution in [0.25, 0.3) is 11.0 Å². The Bertz CT molecular complexity index is 506. The molecule has 1 aromatic carbocycles. The molecule has 1 heterocycles. The number of rotatable bonds is 5. The average Bonchev–Trinajstić information content (AvgIpc) is 2.81. The summed E-state index contributed by atoms with van der Waals surface area (Å²) in [4.78, 5) is 11.9. The van der Waals surface area contributed by atoms with E-state index in [4.69, 9.17) is 4.42 Å². The third-order valence-corrected chi connectivity index (χ3v) is 2.94. The van der Waals surface area contributed by atoms with Gasteiger partial charge in [0, 0.05) is 18.5 Å². The van der Waals surface area contributed by atoms with Gasteiger partial charge >= 0.3 is 0 Å². The van der Waals surface area contributed by atoms with E-state index in [0.717, 1.165) is 17.5 Å². The highest BCUT2D eigenvalue weighted by Gasteiger charge is 2.18. The first-order valence-corrected chi connectivity index (χ1v) is 6.13. The molecule has 0 aliphatic heterocycles. The van der Waals surface area contributed by atoms with Crippen LogP contribution in [-0.2, 0) is 4.79 Å². The molecule has 1 aromatic heterocycles. The summed E-state index contributed by atoms with van der Waals surface area (Å²) in [6.45, 7) is 3.24. The summed E-state index contributed by atoms with van der Waals surface area (Å²) in [6, 6.07) is 9.70. The molecule has 4 nitrogen and oxygen atoms in total. The molecule has 0 radical (unpaired) electrons. The standard InChI is InChI=1S/C14H18N2O2.ClH/c1-10(14(17)16-8-7-15-2)13-9-11-5-3-4-6-12(11)18-13;/h3-6,9-10,15H,7-8H2,1-2H3,(H,16,17);1H. The summed E-state index contributed by atoms with van der Waals surface area (Å²) in [6.07, 6.45) is 0. The van der Waals surface area contributed by atoms with Gasteiger partial charge in [-0.3, -0.25) is 4.79 Å². The molecular formula is C14H19ClN2O2. The molecular weight excluding hydrogens is 264 g/mol. The average molecular weight is 283 g/mol. The first-order valence-electron chi connectivity index (χ1n) is 6.13. The van der Waals surface area contributed by atoms with Crippen molar-refractivity contribution in [2.45, 2.75) is 12.8 Å². The zero-order chi connectivity index (χ0) is 13.0. The number of fused-ring (bicyclic) bond motifs is 1. The number of benzene rings is 1. The van der Waals surface area contributed by atoms with Gasteiger partial charge in [0.1, 0.15) is 11.3 Å². The zero-order valence-corrected chi connectivity index (χ0v) is 11.9. The Hall–Kier alpha value is -1.52. The molecule has 0 aliphatic rings. The Morgan fingerprint density at radius 2 is 2.05 bits per heavy atom. The van der Waals surface area contributed by atoms with Crippen molar-refractivity contribution in [2.75, 3.05) is 20.1 Å². The quantitative estimate of drug-likeness (QED) is 0.828. The van der Waals surface area contributed by atoms with E-state index in [2.05, 4.69) is 10.6 Å². The molecule has 0 aliphatic carbocycles. The van der Waals surface area contributed by atoms with Gasteiger partial charge in [-0.25, -0.2) is 0 Å². The van der Waals surface area contributed by atoms with E-state index in [1.54, 1.807) is 0 Å². The van der Waals surface area contributed by atoms with Gasteiger partial charge in [-0.05, 0) is 26.1 Å². The van der Waals surface area contributed by atoms with Gasteiger partial charge in [0.2, 0.25) is 5.91 Å². The molecule has 19 heavy (non-hydrogen) atoms. The first-order chi connectivity index (χ1) is 8.72. The number of carbonyl (C=O) groups excluding carboxylic acids is 1. The maximum absolute atomic E-state index is 11.9. The minimum Gasteiger partial charge on any atom is -0.460 e. The van der Waals surface area contributed by atoms with Crippen LogP contribution in [0, 0.1) is 0 Å². The number of furan rings is 1. The molecule has 0 saturated carbocycles. The topological polar surface area (TPSA) is 54.3 Å². The molecule has 1 amide bonds. The highest BCUT2D eigenvalue weighted by Crippen LogP contribution is 2.24. The number of amides is 1. The van der Waals surface area contributed by atoms with Gasteiger partial charge in [0.15, 0.2) is 0 Å². The lowest BCUT2D eigenvalue weighted by Gasteiger charge is -2.09. The lowest BCUT2D eigenvalue weighted by molar-refractivity contribution is -0.122. The van der Waals surface area contributed by atoms with E-state index in [9.17, 15) is 4.79 Å². The second kappa shape index (κ2) is 7.16. The van der Waals surface area contributed by atoms with E-state index in [-0.39, 0.29) is 24.2 Å².